The van der Waals surface area contributed by atoms with Crippen LogP contribution >= 0.6 is 0 Å². The molecule has 2 saturated heterocycles. The number of urea groups is 1. The quantitative estimate of drug-likeness (QED) is 0.806. The van der Waals surface area contributed by atoms with Gasteiger partial charge in [0.05, 0.1) is 0 Å². The minimum atomic E-state index is -0.798. The molecule has 0 aromatic heterocycles. The fourth-order valence-corrected chi connectivity index (χ4v) is 3.50. The summed E-state index contributed by atoms with van der Waals surface area (Å²) in [5.41, 5.74) is 0.416. The van der Waals surface area contributed by atoms with E-state index in [1.165, 1.54) is 5.56 Å². The van der Waals surface area contributed by atoms with E-state index in [0.29, 0.717) is 6.61 Å². The van der Waals surface area contributed by atoms with Gasteiger partial charge in [0.25, 0.3) is 5.91 Å². The molecule has 2 heterocycles. The minimum absolute atomic E-state index is 0.122. The summed E-state index contributed by atoms with van der Waals surface area (Å²) in [6, 6.07) is 7.65. The predicted octanol–water partition coefficient (Wildman–Crippen LogP) is 1.68. The summed E-state index contributed by atoms with van der Waals surface area (Å²) in [4.78, 5) is 25.9. The van der Waals surface area contributed by atoms with Gasteiger partial charge in [-0.15, -0.1) is 0 Å². The van der Waals surface area contributed by atoms with E-state index in [2.05, 4.69) is 22.5 Å². The molecule has 0 saturated carbocycles. The van der Waals surface area contributed by atoms with Crippen LogP contribution in [0.4, 0.5) is 4.79 Å². The molecule has 1 aromatic rings. The van der Waals surface area contributed by atoms with Crippen molar-refractivity contribution in [1.82, 2.24) is 15.5 Å². The summed E-state index contributed by atoms with van der Waals surface area (Å²) in [6.45, 7) is 7.10. The zero-order valence-corrected chi connectivity index (χ0v) is 14.3. The Kier molecular flexibility index (Phi) is 4.76. The first kappa shape index (κ1) is 16.8. The number of hydrogen-bond donors (Lipinski definition) is 2. The number of aryl methyl sites for hydroxylation is 1. The fraction of sp³-hybridized carbons (Fsp3) is 0.556. The smallest absolute Gasteiger partial charge is 0.322 e. The van der Waals surface area contributed by atoms with Gasteiger partial charge in [-0.2, -0.15) is 0 Å². The molecule has 0 spiro atoms. The predicted molar refractivity (Wildman–Crippen MR) is 90.9 cm³/mol. The van der Waals surface area contributed by atoms with Gasteiger partial charge in [-0.05, 0) is 45.4 Å². The number of rotatable bonds is 5. The minimum Gasteiger partial charge on any atom is -0.492 e. The van der Waals surface area contributed by atoms with Crippen LogP contribution in [0.1, 0.15) is 25.3 Å². The average molecular weight is 331 g/mol. The highest BCUT2D eigenvalue weighted by atomic mass is 16.5. The van der Waals surface area contributed by atoms with Gasteiger partial charge in [0.2, 0.25) is 0 Å². The molecule has 0 bridgehead atoms. The van der Waals surface area contributed by atoms with Crippen molar-refractivity contribution < 1.29 is 14.3 Å². The number of nitrogens with one attached hydrogen (secondary N) is 2. The summed E-state index contributed by atoms with van der Waals surface area (Å²) in [5.74, 6) is 0.788. The van der Waals surface area contributed by atoms with Gasteiger partial charge in [-0.25, -0.2) is 4.79 Å². The van der Waals surface area contributed by atoms with Crippen molar-refractivity contribution in [3.05, 3.63) is 29.8 Å². The Morgan fingerprint density at radius 3 is 2.71 bits per heavy atom. The molecule has 0 aliphatic carbocycles. The van der Waals surface area contributed by atoms with Gasteiger partial charge in [0, 0.05) is 19.0 Å². The van der Waals surface area contributed by atoms with E-state index < -0.39 is 5.54 Å². The van der Waals surface area contributed by atoms with Crippen molar-refractivity contribution in [3.8, 4) is 5.75 Å². The number of carbonyl (C=O) groups is 2. The Balaban J connectivity index is 1.51. The van der Waals surface area contributed by atoms with Crippen molar-refractivity contribution in [1.29, 1.82) is 0 Å². The second-order valence-electron chi connectivity index (χ2n) is 6.91. The maximum Gasteiger partial charge on any atom is 0.322 e. The van der Waals surface area contributed by atoms with E-state index in [4.69, 9.17) is 4.74 Å². The SMILES string of the molecule is Cc1ccc(OCCN2CCC[C@H]([C@@]3(C)NC(=O)NC3=O)C2)cc1. The number of benzene rings is 1. The van der Waals surface area contributed by atoms with E-state index in [1.54, 1.807) is 0 Å². The molecule has 1 aromatic carbocycles. The van der Waals surface area contributed by atoms with Crippen molar-refractivity contribution in [2.24, 2.45) is 5.92 Å². The summed E-state index contributed by atoms with van der Waals surface area (Å²) < 4.78 is 5.80. The zero-order valence-electron chi connectivity index (χ0n) is 14.3. The normalized spacial score (nSPS) is 27.7. The fourth-order valence-electron chi connectivity index (χ4n) is 3.50. The number of likely N-dealkylation sites (tertiary alicyclic amines) is 1. The number of imide groups is 1. The highest BCUT2D eigenvalue weighted by molar-refractivity contribution is 6.06. The third-order valence-corrected chi connectivity index (χ3v) is 5.09. The third-order valence-electron chi connectivity index (χ3n) is 5.09. The summed E-state index contributed by atoms with van der Waals surface area (Å²) in [6.07, 6.45) is 1.97. The molecular formula is C18H25N3O3. The number of hydrogen-bond acceptors (Lipinski definition) is 4. The second kappa shape index (κ2) is 6.81. The first-order valence-corrected chi connectivity index (χ1v) is 8.53. The van der Waals surface area contributed by atoms with Crippen LogP contribution in [0.15, 0.2) is 24.3 Å². The van der Waals surface area contributed by atoms with Crippen molar-refractivity contribution >= 4 is 11.9 Å². The van der Waals surface area contributed by atoms with Crippen LogP contribution in [0.3, 0.4) is 0 Å². The van der Waals surface area contributed by atoms with Crippen molar-refractivity contribution in [2.45, 2.75) is 32.2 Å². The number of carbonyl (C=O) groups excluding carboxylic acids is 2. The molecule has 2 atom stereocenters. The van der Waals surface area contributed by atoms with Gasteiger partial charge in [-0.3, -0.25) is 15.0 Å². The van der Waals surface area contributed by atoms with E-state index in [-0.39, 0.29) is 17.9 Å². The molecule has 0 radical (unpaired) electrons. The zero-order chi connectivity index (χ0) is 17.2. The number of ether oxygens (including phenoxy) is 1. The van der Waals surface area contributed by atoms with E-state index >= 15 is 0 Å². The molecular weight excluding hydrogens is 306 g/mol. The maximum absolute atomic E-state index is 12.1. The Bertz CT molecular complexity index is 616. The number of piperidine rings is 1. The van der Waals surface area contributed by atoms with Gasteiger partial charge < -0.3 is 10.1 Å². The molecule has 2 aliphatic heterocycles. The van der Waals surface area contributed by atoms with Gasteiger partial charge >= 0.3 is 6.03 Å². The molecule has 2 aliphatic rings. The highest BCUT2D eigenvalue weighted by Crippen LogP contribution is 2.29. The van der Waals surface area contributed by atoms with Crippen molar-refractivity contribution in [2.75, 3.05) is 26.2 Å². The maximum atomic E-state index is 12.1. The standard InChI is InChI=1S/C18H25N3O3/c1-13-5-7-15(8-6-13)24-11-10-21-9-3-4-14(12-21)18(2)16(22)19-17(23)20-18/h5-8,14H,3-4,9-12H2,1-2H3,(H2,19,20,22,23)/t14-,18+/m0/s1. The van der Waals surface area contributed by atoms with Crippen molar-refractivity contribution in [3.63, 3.8) is 0 Å². The lowest BCUT2D eigenvalue weighted by Gasteiger charge is -2.39. The molecule has 130 valence electrons. The van der Waals surface area contributed by atoms with Crippen LogP contribution in [-0.4, -0.2) is 48.6 Å². The topological polar surface area (TPSA) is 70.7 Å². The van der Waals surface area contributed by atoms with Crippen LogP contribution < -0.4 is 15.4 Å². The third kappa shape index (κ3) is 3.53. The van der Waals surface area contributed by atoms with E-state index in [1.807, 2.05) is 31.2 Å². The second-order valence-corrected chi connectivity index (χ2v) is 6.91. The van der Waals surface area contributed by atoms with E-state index in [9.17, 15) is 9.59 Å². The molecule has 3 rings (SSSR count). The molecule has 2 fully saturated rings. The first-order valence-electron chi connectivity index (χ1n) is 8.53. The Hall–Kier alpha value is -2.08. The van der Waals surface area contributed by atoms with Crippen LogP contribution in [0.2, 0.25) is 0 Å². The average Bonchev–Trinajstić information content (AvgIpc) is 2.83. The lowest BCUT2D eigenvalue weighted by Crippen LogP contribution is -2.56. The molecule has 6 heteroatoms. The molecule has 6 nitrogen and oxygen atoms in total. The Labute approximate surface area is 142 Å². The monoisotopic (exact) mass is 331 g/mol. The van der Waals surface area contributed by atoms with Crippen LogP contribution in [0.25, 0.3) is 0 Å². The van der Waals surface area contributed by atoms with Gasteiger partial charge in [0.1, 0.15) is 17.9 Å². The van der Waals surface area contributed by atoms with Crippen LogP contribution in [-0.2, 0) is 4.79 Å². The molecule has 0 unspecified atom stereocenters. The van der Waals surface area contributed by atoms with Gasteiger partial charge in [0.15, 0.2) is 0 Å². The highest BCUT2D eigenvalue weighted by Gasteiger charge is 2.48. The number of amides is 3. The van der Waals surface area contributed by atoms with Gasteiger partial charge in [-0.1, -0.05) is 17.7 Å². The van der Waals surface area contributed by atoms with Crippen LogP contribution in [0, 0.1) is 12.8 Å². The largest absolute Gasteiger partial charge is 0.492 e. The Morgan fingerprint density at radius 2 is 2.04 bits per heavy atom. The molecule has 2 N–H and O–H groups in total. The lowest BCUT2D eigenvalue weighted by atomic mass is 9.80. The first-order chi connectivity index (χ1) is 11.5. The Morgan fingerprint density at radius 1 is 1.29 bits per heavy atom. The lowest BCUT2D eigenvalue weighted by molar-refractivity contribution is -0.126. The summed E-state index contributed by atoms with van der Waals surface area (Å²) >= 11 is 0. The molecule has 24 heavy (non-hydrogen) atoms. The number of nitrogens with zero attached hydrogens (tertiary/aromatic N) is 1. The molecule has 3 amide bonds. The van der Waals surface area contributed by atoms with Crippen LogP contribution in [0.5, 0.6) is 5.75 Å². The summed E-state index contributed by atoms with van der Waals surface area (Å²) in [5, 5.41) is 5.16. The summed E-state index contributed by atoms with van der Waals surface area (Å²) in [7, 11) is 0. The van der Waals surface area contributed by atoms with E-state index in [0.717, 1.165) is 38.2 Å².